The number of ether oxygens (including phenoxy) is 6. The van der Waals surface area contributed by atoms with E-state index in [1.807, 2.05) is 146 Å². The van der Waals surface area contributed by atoms with E-state index in [0.29, 0.717) is 0 Å². The van der Waals surface area contributed by atoms with Crippen LogP contribution < -0.4 is 50.3 Å². The van der Waals surface area contributed by atoms with Crippen LogP contribution in [0, 0.1) is 22.7 Å². The van der Waals surface area contributed by atoms with Gasteiger partial charge in [0, 0.05) is 13.8 Å². The van der Waals surface area contributed by atoms with Crippen LogP contribution in [0.1, 0.15) is 13.8 Å². The summed E-state index contributed by atoms with van der Waals surface area (Å²) in [4.78, 5) is 12.7. The first-order chi connectivity index (χ1) is 43.2. The maximum atomic E-state index is 7.32. The first-order valence-electron chi connectivity index (χ1n) is 27.7. The molecular weight excluding hydrogens is 1290 g/mol. The van der Waals surface area contributed by atoms with Gasteiger partial charge in [-0.05, 0) is 107 Å². The number of benzene rings is 10. The van der Waals surface area contributed by atoms with E-state index in [4.69, 9.17) is 38.9 Å². The molecule has 454 valence electrons. The Hall–Kier alpha value is -10.2. The number of hydrogen-bond acceptors (Lipinski definition) is 11. The molecule has 0 aliphatic carbocycles. The predicted molar refractivity (Wildman–Crippen MR) is 364 cm³/mol. The average Bonchev–Trinajstić information content (AvgIpc) is 1.55. The molecule has 0 unspecified atom stereocenters. The van der Waals surface area contributed by atoms with E-state index in [1.165, 1.54) is 54.7 Å². The Morgan fingerprint density at radius 2 is 0.456 bits per heavy atom. The van der Waals surface area contributed by atoms with Gasteiger partial charge < -0.3 is 59.3 Å². The molecule has 0 aromatic heterocycles. The summed E-state index contributed by atoms with van der Waals surface area (Å²) in [6.45, 7) is 2.86. The fraction of sp³-hybridized carbons (Fsp3) is 0.110. The molecule has 0 bridgehead atoms. The molecule has 10 rings (SSSR count). The number of rotatable bonds is 19. The number of hydrogen-bond donors (Lipinski definition) is 0. The molecule has 0 spiro atoms. The smallest absolute Gasteiger partial charge is 0.497 e. The van der Waals surface area contributed by atoms with Gasteiger partial charge in [0.1, 0.15) is 40.6 Å². The first-order valence-corrected chi connectivity index (χ1v) is 27.7. The van der Waals surface area contributed by atoms with Gasteiger partial charge in [0.15, 0.2) is 0 Å². The molecule has 0 N–H and O–H groups in total. The molecule has 10 aromatic rings. The van der Waals surface area contributed by atoms with Crippen LogP contribution in [-0.4, -0.2) is 67.8 Å². The molecule has 10 aromatic carbocycles. The predicted octanol–water partition coefficient (Wildman–Crippen LogP) is 16.3. The van der Waals surface area contributed by atoms with E-state index in [0.717, 1.165) is 68.6 Å². The molecule has 17 heteroatoms. The summed E-state index contributed by atoms with van der Waals surface area (Å²) >= 11 is 0. The molecule has 0 saturated carbocycles. The summed E-state index contributed by atoms with van der Waals surface area (Å²) in [5, 5.41) is 27.4. The summed E-state index contributed by atoms with van der Waals surface area (Å²) in [6.07, 6.45) is 3.38. The standard InChI is InChI=1S/C24H20B.3C15H15N2O2.2C2H3N.2Mo/c1-5-13-21(14-6-1)25(22-15-7-2-8-16-22,23-17-9-3-10-18-23)24-19-11-4-12-20-24;3*1-18-14-7-3-12(4-8-14)16-11-17-13-5-9-15(19-2)10-6-13;2*1-2-3;;/h1-20H;3*3-11H,1-2H3;2*1H3;;/q4*-1;;;2*+2. The molecule has 0 fully saturated rings. The maximum Gasteiger partial charge on any atom is 2.00 e. The second-order valence-corrected chi connectivity index (χ2v) is 18.3. The van der Waals surface area contributed by atoms with Crippen LogP contribution >= 0.6 is 0 Å². The summed E-state index contributed by atoms with van der Waals surface area (Å²) in [5.74, 6) is 4.87. The molecule has 0 radical (unpaired) electrons. The average molecular weight is 1360 g/mol. The van der Waals surface area contributed by atoms with Crippen LogP contribution in [0.25, 0.3) is 16.0 Å². The molecule has 0 saturated heterocycles. The topological polar surface area (TPSA) is 182 Å². The number of methoxy groups -OCH3 is 6. The van der Waals surface area contributed by atoms with E-state index in [9.17, 15) is 0 Å². The SMILES string of the molecule is CC#N.CC#N.COc1ccc(N=C[N-]c2ccc(OC)cc2)cc1.COc1ccc(N=C[N-]c2ccc(OC)cc2)cc1.COc1ccc(N=C[N-]c2ccc(OC)cc2)cc1.[Mo+2].[Mo+2].c1ccc([B-](c2ccccc2)(c2ccccc2)c2ccccc2)cc1. The third-order valence-corrected chi connectivity index (χ3v) is 12.9. The molecule has 0 atom stereocenters. The molecule has 14 nitrogen and oxygen atoms in total. The number of nitrogens with zero attached hydrogens (tertiary/aromatic N) is 8. The molecule has 0 heterocycles. The Kier molecular flexibility index (Phi) is 35.8. The van der Waals surface area contributed by atoms with Gasteiger partial charge in [0.25, 0.3) is 0 Å². The van der Waals surface area contributed by atoms with Crippen molar-refractivity contribution in [2.75, 3.05) is 42.7 Å². The van der Waals surface area contributed by atoms with Gasteiger partial charge in [0.2, 0.25) is 0 Å². The van der Waals surface area contributed by atoms with Crippen molar-refractivity contribution in [3.8, 4) is 46.6 Å². The third-order valence-electron chi connectivity index (χ3n) is 12.9. The van der Waals surface area contributed by atoms with E-state index < -0.39 is 6.15 Å². The van der Waals surface area contributed by atoms with E-state index in [-0.39, 0.29) is 42.1 Å². The van der Waals surface area contributed by atoms with Crippen LogP contribution in [0.3, 0.4) is 0 Å². The summed E-state index contributed by atoms with van der Waals surface area (Å²) in [6, 6.07) is 91.8. The van der Waals surface area contributed by atoms with Gasteiger partial charge in [0.05, 0.1) is 54.8 Å². The zero-order valence-corrected chi connectivity index (χ0v) is 55.6. The second kappa shape index (κ2) is 43.5. The minimum Gasteiger partial charge on any atom is -0.497 e. The zero-order valence-electron chi connectivity index (χ0n) is 51.6. The van der Waals surface area contributed by atoms with Crippen molar-refractivity contribution >= 4 is 81.1 Å². The van der Waals surface area contributed by atoms with E-state index in [1.54, 1.807) is 54.8 Å². The van der Waals surface area contributed by atoms with Crippen LogP contribution in [0.2, 0.25) is 0 Å². The fourth-order valence-corrected chi connectivity index (χ4v) is 8.62. The largest absolute Gasteiger partial charge is 2.00 e. The van der Waals surface area contributed by atoms with Crippen molar-refractivity contribution in [3.63, 3.8) is 0 Å². The van der Waals surface area contributed by atoms with Crippen molar-refractivity contribution < 1.29 is 70.6 Å². The monoisotopic (exact) mass is 1360 g/mol. The van der Waals surface area contributed by atoms with Crippen molar-refractivity contribution in [2.45, 2.75) is 13.8 Å². The van der Waals surface area contributed by atoms with Gasteiger partial charge in [-0.2, -0.15) is 32.4 Å². The van der Waals surface area contributed by atoms with Gasteiger partial charge >= 0.3 is 42.1 Å². The van der Waals surface area contributed by atoms with E-state index in [2.05, 4.69) is 152 Å². The zero-order chi connectivity index (χ0) is 62.9. The Bertz CT molecular complexity index is 3260. The number of aliphatic imine (C=N–C) groups is 3. The molecule has 90 heavy (non-hydrogen) atoms. The minimum atomic E-state index is -1.22. The Morgan fingerprint density at radius 3 is 0.622 bits per heavy atom. The third kappa shape index (κ3) is 24.9. The summed E-state index contributed by atoms with van der Waals surface area (Å²) < 4.78 is 30.5. The van der Waals surface area contributed by atoms with Crippen molar-refractivity contribution in [2.24, 2.45) is 15.0 Å². The van der Waals surface area contributed by atoms with Gasteiger partial charge in [-0.3, -0.25) is 0 Å². The van der Waals surface area contributed by atoms with Crippen LogP contribution in [-0.2, 0) is 42.1 Å². The first kappa shape index (κ1) is 74.1. The van der Waals surface area contributed by atoms with Crippen LogP contribution in [0.15, 0.2) is 282 Å². The Balaban J connectivity index is 0.000000304. The normalized spacial score (nSPS) is 9.89. The van der Waals surface area contributed by atoms with Gasteiger partial charge in [-0.15, -0.1) is 0 Å². The van der Waals surface area contributed by atoms with Gasteiger partial charge in [-0.1, -0.05) is 213 Å². The van der Waals surface area contributed by atoms with Crippen molar-refractivity contribution in [1.82, 2.24) is 0 Å². The van der Waals surface area contributed by atoms with Gasteiger partial charge in [-0.25, -0.2) is 0 Å². The van der Waals surface area contributed by atoms with Crippen LogP contribution in [0.5, 0.6) is 34.5 Å². The molecule has 0 amide bonds. The number of nitriles is 2. The molecule has 0 aliphatic rings. The van der Waals surface area contributed by atoms with Crippen molar-refractivity contribution in [1.29, 1.82) is 10.5 Å². The maximum absolute atomic E-state index is 7.32. The minimum absolute atomic E-state index is 0. The van der Waals surface area contributed by atoms with E-state index >= 15 is 0 Å². The van der Waals surface area contributed by atoms with Crippen LogP contribution in [0.4, 0.5) is 34.1 Å². The molecular formula is C73H71BMo2N8O6. The summed E-state index contributed by atoms with van der Waals surface area (Å²) in [5.41, 5.74) is 10.3. The fourth-order valence-electron chi connectivity index (χ4n) is 8.62. The summed E-state index contributed by atoms with van der Waals surface area (Å²) in [7, 11) is 9.82. The quantitative estimate of drug-likeness (QED) is 0.0435. The molecule has 0 aliphatic heterocycles. The Morgan fingerprint density at radius 1 is 0.289 bits per heavy atom. The Labute approximate surface area is 559 Å². The second-order valence-electron chi connectivity index (χ2n) is 18.3. The van der Waals surface area contributed by atoms with Crippen molar-refractivity contribution in [3.05, 3.63) is 283 Å².